The van der Waals surface area contributed by atoms with Gasteiger partial charge in [0.1, 0.15) is 11.4 Å². The lowest BCUT2D eigenvalue weighted by molar-refractivity contribution is 0.101. The van der Waals surface area contributed by atoms with E-state index in [2.05, 4.69) is 37.2 Å². The Morgan fingerprint density at radius 2 is 1.79 bits per heavy atom. The third-order valence-corrected chi connectivity index (χ3v) is 6.70. The first-order valence-electron chi connectivity index (χ1n) is 10.4. The summed E-state index contributed by atoms with van der Waals surface area (Å²) >= 11 is 16.1. The Labute approximate surface area is 222 Å². The van der Waals surface area contributed by atoms with Crippen LogP contribution in [0.15, 0.2) is 53.0 Å². The van der Waals surface area contributed by atoms with Crippen molar-refractivity contribution < 1.29 is 9.53 Å². The van der Waals surface area contributed by atoms with E-state index in [-0.39, 0.29) is 24.6 Å². The lowest BCUT2D eigenvalue weighted by Crippen LogP contribution is -2.31. The number of benzene rings is 3. The number of halogens is 4. The van der Waals surface area contributed by atoms with Gasteiger partial charge in [-0.25, -0.2) is 0 Å². The molecule has 3 aromatic carbocycles. The summed E-state index contributed by atoms with van der Waals surface area (Å²) in [4.78, 5) is 13.2. The average molecular weight is 585 g/mol. The highest BCUT2D eigenvalue weighted by molar-refractivity contribution is 9.10. The van der Waals surface area contributed by atoms with Crippen molar-refractivity contribution in [1.29, 1.82) is 0 Å². The number of carbonyl (C=O) groups excluding carboxylic acids is 1. The van der Waals surface area contributed by atoms with E-state index in [0.29, 0.717) is 39.2 Å². The monoisotopic (exact) mass is 582 g/mol. The van der Waals surface area contributed by atoms with Gasteiger partial charge in [-0.2, -0.15) is 0 Å². The number of nitrogens with one attached hydrogen (secondary N) is 4. The third-order valence-electron chi connectivity index (χ3n) is 5.55. The quantitative estimate of drug-likeness (QED) is 0.258. The number of para-hydroxylation sites is 1. The van der Waals surface area contributed by atoms with Crippen molar-refractivity contribution in [2.75, 3.05) is 21.3 Å². The summed E-state index contributed by atoms with van der Waals surface area (Å²) in [6.45, 7) is 4.02. The van der Waals surface area contributed by atoms with Gasteiger partial charge in [0.25, 0.3) is 5.91 Å². The molecule has 1 unspecified atom stereocenters. The zero-order valence-electron chi connectivity index (χ0n) is 18.3. The van der Waals surface area contributed by atoms with Crippen LogP contribution in [0.25, 0.3) is 0 Å². The van der Waals surface area contributed by atoms with Crippen LogP contribution in [-0.4, -0.2) is 17.8 Å². The minimum Gasteiger partial charge on any atom is -0.486 e. The standard InChI is InChI=1S/C24H21BrCl2N4O2.ClH/c1-24(2)11-15-19-18(29-23(30-19)31-20-16(26)4-3-5-17(20)27)10-14(21(15)33-24)22(32)28-13-8-6-12(25)7-9-13;/h3-10,23,29-31H,11H2,1-2H3,(H,28,32);1H. The van der Waals surface area contributed by atoms with Crippen LogP contribution in [0.1, 0.15) is 29.8 Å². The Balaban J connectivity index is 0.00000274. The Kier molecular flexibility index (Phi) is 6.84. The summed E-state index contributed by atoms with van der Waals surface area (Å²) in [6, 6.07) is 14.6. The van der Waals surface area contributed by atoms with E-state index in [1.54, 1.807) is 18.2 Å². The van der Waals surface area contributed by atoms with Crippen molar-refractivity contribution in [2.45, 2.75) is 32.2 Å². The molecule has 3 aromatic rings. The molecule has 0 radical (unpaired) electrons. The molecule has 5 rings (SSSR count). The molecule has 1 atom stereocenters. The van der Waals surface area contributed by atoms with E-state index >= 15 is 0 Å². The highest BCUT2D eigenvalue weighted by Gasteiger charge is 2.39. The predicted molar refractivity (Wildman–Crippen MR) is 145 cm³/mol. The largest absolute Gasteiger partial charge is 0.486 e. The number of hydrogen-bond donors (Lipinski definition) is 4. The molecule has 178 valence electrons. The molecule has 0 saturated heterocycles. The van der Waals surface area contributed by atoms with Gasteiger partial charge in [0.05, 0.1) is 32.7 Å². The molecule has 2 heterocycles. The molecule has 6 nitrogen and oxygen atoms in total. The molecule has 0 bridgehead atoms. The smallest absolute Gasteiger partial charge is 0.259 e. The van der Waals surface area contributed by atoms with Crippen molar-refractivity contribution >= 4 is 80.2 Å². The van der Waals surface area contributed by atoms with Crippen LogP contribution in [0.5, 0.6) is 5.75 Å². The first-order valence-corrected chi connectivity index (χ1v) is 11.9. The van der Waals surface area contributed by atoms with E-state index in [1.165, 1.54) is 0 Å². The molecule has 2 aliphatic rings. The van der Waals surface area contributed by atoms with Crippen molar-refractivity contribution in [3.63, 3.8) is 0 Å². The third kappa shape index (κ3) is 4.75. The number of fused-ring (bicyclic) bond motifs is 3. The first-order chi connectivity index (χ1) is 15.7. The van der Waals surface area contributed by atoms with Crippen LogP contribution in [0.3, 0.4) is 0 Å². The second kappa shape index (κ2) is 9.38. The lowest BCUT2D eigenvalue weighted by Gasteiger charge is -2.19. The minimum absolute atomic E-state index is 0. The van der Waals surface area contributed by atoms with E-state index < -0.39 is 5.60 Å². The van der Waals surface area contributed by atoms with Crippen LogP contribution in [0.4, 0.5) is 22.7 Å². The van der Waals surface area contributed by atoms with Gasteiger partial charge in [0.2, 0.25) is 0 Å². The summed E-state index contributed by atoms with van der Waals surface area (Å²) in [5.41, 5.74) is 4.04. The zero-order chi connectivity index (χ0) is 23.3. The molecule has 34 heavy (non-hydrogen) atoms. The minimum atomic E-state index is -0.427. The molecular weight excluding hydrogens is 563 g/mol. The predicted octanol–water partition coefficient (Wildman–Crippen LogP) is 7.38. The van der Waals surface area contributed by atoms with Gasteiger partial charge in [-0.1, -0.05) is 45.2 Å². The number of ether oxygens (including phenoxy) is 1. The van der Waals surface area contributed by atoms with Gasteiger partial charge in [0, 0.05) is 22.1 Å². The van der Waals surface area contributed by atoms with E-state index in [0.717, 1.165) is 21.4 Å². The maximum absolute atomic E-state index is 13.2. The van der Waals surface area contributed by atoms with Crippen molar-refractivity contribution in [1.82, 2.24) is 0 Å². The van der Waals surface area contributed by atoms with Crippen LogP contribution in [0, 0.1) is 0 Å². The molecule has 0 saturated carbocycles. The Hall–Kier alpha value is -2.32. The molecule has 0 aliphatic carbocycles. The number of anilines is 4. The zero-order valence-corrected chi connectivity index (χ0v) is 22.2. The Bertz CT molecular complexity index is 1250. The van der Waals surface area contributed by atoms with E-state index in [9.17, 15) is 4.79 Å². The van der Waals surface area contributed by atoms with E-state index in [4.69, 9.17) is 27.9 Å². The van der Waals surface area contributed by atoms with Crippen LogP contribution < -0.4 is 26.0 Å². The van der Waals surface area contributed by atoms with Gasteiger partial charge >= 0.3 is 0 Å². The summed E-state index contributed by atoms with van der Waals surface area (Å²) in [7, 11) is 0. The normalized spacial score (nSPS) is 16.8. The SMILES string of the molecule is CC1(C)Cc2c3c(cc(C(=O)Nc4ccc(Br)cc4)c2O1)NC(Nc1c(Cl)cccc1Cl)N3.Cl. The summed E-state index contributed by atoms with van der Waals surface area (Å²) in [5, 5.41) is 14.1. The molecule has 4 N–H and O–H groups in total. The highest BCUT2D eigenvalue weighted by atomic mass is 79.9. The lowest BCUT2D eigenvalue weighted by atomic mass is 9.97. The number of carbonyl (C=O) groups is 1. The fourth-order valence-electron chi connectivity index (χ4n) is 4.11. The van der Waals surface area contributed by atoms with Crippen LogP contribution >= 0.6 is 51.5 Å². The first kappa shape index (κ1) is 24.8. The van der Waals surface area contributed by atoms with Crippen molar-refractivity contribution in [3.05, 3.63) is 74.2 Å². The van der Waals surface area contributed by atoms with Gasteiger partial charge in [-0.05, 0) is 56.3 Å². The fourth-order valence-corrected chi connectivity index (χ4v) is 4.88. The molecule has 2 aliphatic heterocycles. The summed E-state index contributed by atoms with van der Waals surface area (Å²) in [6.07, 6.45) is 0.299. The molecule has 1 amide bonds. The van der Waals surface area contributed by atoms with Gasteiger partial charge in [0.15, 0.2) is 6.29 Å². The molecule has 10 heteroatoms. The second-order valence-corrected chi connectivity index (χ2v) is 10.3. The van der Waals surface area contributed by atoms with Gasteiger partial charge in [-0.3, -0.25) is 4.79 Å². The van der Waals surface area contributed by atoms with E-state index in [1.807, 2.05) is 44.2 Å². The Morgan fingerprint density at radius 1 is 1.12 bits per heavy atom. The van der Waals surface area contributed by atoms with Crippen LogP contribution in [0.2, 0.25) is 10.0 Å². The van der Waals surface area contributed by atoms with Gasteiger partial charge in [-0.15, -0.1) is 12.4 Å². The summed E-state index contributed by atoms with van der Waals surface area (Å²) in [5.74, 6) is 0.362. The average Bonchev–Trinajstić information content (AvgIpc) is 3.31. The molecule has 0 aromatic heterocycles. The summed E-state index contributed by atoms with van der Waals surface area (Å²) < 4.78 is 7.16. The van der Waals surface area contributed by atoms with Crippen molar-refractivity contribution in [2.24, 2.45) is 0 Å². The number of rotatable bonds is 4. The molecule has 0 spiro atoms. The van der Waals surface area contributed by atoms with Crippen molar-refractivity contribution in [3.8, 4) is 5.75 Å². The number of amides is 1. The Morgan fingerprint density at radius 3 is 2.47 bits per heavy atom. The maximum Gasteiger partial charge on any atom is 0.259 e. The van der Waals surface area contributed by atoms with Gasteiger partial charge < -0.3 is 26.0 Å². The number of hydrogen-bond acceptors (Lipinski definition) is 5. The second-order valence-electron chi connectivity index (χ2n) is 8.62. The highest BCUT2D eigenvalue weighted by Crippen LogP contribution is 2.48. The fraction of sp³-hybridized carbons (Fsp3) is 0.208. The molecular formula is C24H22BrCl3N4O2. The topological polar surface area (TPSA) is 74.4 Å². The maximum atomic E-state index is 13.2. The molecule has 0 fully saturated rings. The van der Waals surface area contributed by atoms with Crippen LogP contribution in [-0.2, 0) is 6.42 Å².